The summed E-state index contributed by atoms with van der Waals surface area (Å²) in [5.74, 6) is -0.356. The van der Waals surface area contributed by atoms with Crippen LogP contribution in [0.2, 0.25) is 0 Å². The summed E-state index contributed by atoms with van der Waals surface area (Å²) >= 11 is 0. The Hall–Kier alpha value is -3.18. The quantitative estimate of drug-likeness (QED) is 0.452. The predicted octanol–water partition coefficient (Wildman–Crippen LogP) is 4.54. The Morgan fingerprint density at radius 1 is 0.857 bits per heavy atom. The fraction of sp³-hybridized carbons (Fsp3) is 0.217. The van der Waals surface area contributed by atoms with Gasteiger partial charge in [-0.05, 0) is 63.1 Å². The third kappa shape index (κ3) is 5.18. The lowest BCUT2D eigenvalue weighted by Gasteiger charge is -2.22. The van der Waals surface area contributed by atoms with Crippen molar-refractivity contribution in [3.8, 4) is 22.6 Å². The third-order valence-corrected chi connectivity index (χ3v) is 3.94. The van der Waals surface area contributed by atoms with Crippen LogP contribution in [0.15, 0.2) is 66.8 Å². The normalized spacial score (nSPS) is 10.9. The molecule has 2 rings (SSSR count). The zero-order valence-electron chi connectivity index (χ0n) is 16.5. The maximum absolute atomic E-state index is 11.9. The van der Waals surface area contributed by atoms with Crippen LogP contribution in [0.5, 0.6) is 11.5 Å². The van der Waals surface area contributed by atoms with Gasteiger partial charge in [-0.25, -0.2) is 9.59 Å². The predicted molar refractivity (Wildman–Crippen MR) is 108 cm³/mol. The van der Waals surface area contributed by atoms with Crippen LogP contribution in [0, 0.1) is 0 Å². The van der Waals surface area contributed by atoms with E-state index in [1.54, 1.807) is 70.2 Å². The molecule has 5 nitrogen and oxygen atoms in total. The van der Waals surface area contributed by atoms with Gasteiger partial charge < -0.3 is 14.6 Å². The van der Waals surface area contributed by atoms with E-state index in [4.69, 9.17) is 9.47 Å². The molecule has 0 heterocycles. The summed E-state index contributed by atoms with van der Waals surface area (Å²) in [6.45, 7) is 13.5. The number of esters is 2. The largest absolute Gasteiger partial charge is 0.423 e. The maximum Gasteiger partial charge on any atom is 0.338 e. The summed E-state index contributed by atoms with van der Waals surface area (Å²) in [5, 5.41) is 10.5. The average Bonchev–Trinajstić information content (AvgIpc) is 2.61. The van der Waals surface area contributed by atoms with Gasteiger partial charge in [0, 0.05) is 16.7 Å². The van der Waals surface area contributed by atoms with Crippen LogP contribution >= 0.6 is 0 Å². The first-order valence-corrected chi connectivity index (χ1v) is 8.71. The average molecular weight is 380 g/mol. The number of ether oxygens (including phenoxy) is 2. The Bertz CT molecular complexity index is 930. The van der Waals surface area contributed by atoms with Crippen molar-refractivity contribution in [2.24, 2.45) is 0 Å². The van der Waals surface area contributed by atoms with Crippen LogP contribution < -0.4 is 9.47 Å². The number of carbonyl (C=O) groups is 2. The van der Waals surface area contributed by atoms with Gasteiger partial charge in [0.1, 0.15) is 11.5 Å². The van der Waals surface area contributed by atoms with Crippen molar-refractivity contribution in [3.05, 3.63) is 72.3 Å². The first kappa shape index (κ1) is 21.1. The highest BCUT2D eigenvalue weighted by molar-refractivity contribution is 5.89. The molecule has 2 aromatic rings. The summed E-state index contributed by atoms with van der Waals surface area (Å²) < 4.78 is 10.5. The number of carbonyl (C=O) groups excluding carboxylic acids is 2. The van der Waals surface area contributed by atoms with Crippen LogP contribution in [0.25, 0.3) is 11.1 Å². The maximum atomic E-state index is 11.9. The summed E-state index contributed by atoms with van der Waals surface area (Å²) in [5.41, 5.74) is 1.49. The highest BCUT2D eigenvalue weighted by Crippen LogP contribution is 2.34. The van der Waals surface area contributed by atoms with Gasteiger partial charge in [-0.15, -0.1) is 0 Å². The number of aliphatic hydroxyl groups is 1. The van der Waals surface area contributed by atoms with Crippen molar-refractivity contribution in [2.45, 2.75) is 33.3 Å². The molecule has 0 radical (unpaired) electrons. The highest BCUT2D eigenvalue weighted by atomic mass is 16.5. The zero-order valence-corrected chi connectivity index (χ0v) is 16.5. The third-order valence-electron chi connectivity index (χ3n) is 3.94. The molecule has 2 aromatic carbocycles. The standard InChI is InChI=1S/C23H24O5/c1-14(2)21(24)27-18-10-7-16(8-11-18)17-9-12-20(28-22(25)15(3)4)19(13-17)23(5,6)26/h7-13,26H,1,3H2,2,4-6H3. The van der Waals surface area contributed by atoms with Crippen molar-refractivity contribution in [1.82, 2.24) is 0 Å². The van der Waals surface area contributed by atoms with Gasteiger partial charge in [-0.3, -0.25) is 0 Å². The Morgan fingerprint density at radius 2 is 1.36 bits per heavy atom. The molecular formula is C23H24O5. The molecule has 28 heavy (non-hydrogen) atoms. The molecule has 0 fully saturated rings. The Labute approximate surface area is 164 Å². The van der Waals surface area contributed by atoms with Gasteiger partial charge in [0.15, 0.2) is 0 Å². The molecule has 5 heteroatoms. The second-order valence-electron chi connectivity index (χ2n) is 7.13. The van der Waals surface area contributed by atoms with E-state index in [0.717, 1.165) is 11.1 Å². The van der Waals surface area contributed by atoms with Crippen molar-refractivity contribution in [3.63, 3.8) is 0 Å². The van der Waals surface area contributed by atoms with Crippen LogP contribution in [0.3, 0.4) is 0 Å². The second-order valence-corrected chi connectivity index (χ2v) is 7.13. The summed E-state index contributed by atoms with van der Waals surface area (Å²) in [6, 6.07) is 12.1. The van der Waals surface area contributed by atoms with Gasteiger partial charge in [-0.1, -0.05) is 31.4 Å². The van der Waals surface area contributed by atoms with E-state index in [0.29, 0.717) is 16.9 Å². The number of rotatable bonds is 6. The Balaban J connectivity index is 2.36. The number of hydrogen-bond donors (Lipinski definition) is 1. The summed E-state index contributed by atoms with van der Waals surface area (Å²) in [6.07, 6.45) is 0. The SMILES string of the molecule is C=C(C)C(=O)Oc1ccc(-c2ccc(OC(=O)C(=C)C)c(C(C)(C)O)c2)cc1. The van der Waals surface area contributed by atoms with Gasteiger partial charge in [0.25, 0.3) is 0 Å². The van der Waals surface area contributed by atoms with Gasteiger partial charge in [0.2, 0.25) is 0 Å². The van der Waals surface area contributed by atoms with Gasteiger partial charge in [-0.2, -0.15) is 0 Å². The molecule has 0 aromatic heterocycles. The summed E-state index contributed by atoms with van der Waals surface area (Å²) in [4.78, 5) is 23.5. The van der Waals surface area contributed by atoms with E-state index in [1.807, 2.05) is 0 Å². The molecule has 0 saturated carbocycles. The van der Waals surface area contributed by atoms with E-state index < -0.39 is 17.5 Å². The molecule has 146 valence electrons. The minimum Gasteiger partial charge on any atom is -0.423 e. The zero-order chi connectivity index (χ0) is 21.1. The molecule has 0 atom stereocenters. The van der Waals surface area contributed by atoms with Crippen LogP contribution in [-0.2, 0) is 15.2 Å². The van der Waals surface area contributed by atoms with Crippen molar-refractivity contribution in [1.29, 1.82) is 0 Å². The fourth-order valence-electron chi connectivity index (χ4n) is 2.37. The van der Waals surface area contributed by atoms with Gasteiger partial charge >= 0.3 is 11.9 Å². The Kier molecular flexibility index (Phi) is 6.21. The summed E-state index contributed by atoms with van der Waals surface area (Å²) in [7, 11) is 0. The lowest BCUT2D eigenvalue weighted by Crippen LogP contribution is -2.19. The molecule has 0 aliphatic rings. The molecule has 0 saturated heterocycles. The fourth-order valence-corrected chi connectivity index (χ4v) is 2.37. The molecule has 0 aliphatic heterocycles. The first-order chi connectivity index (χ1) is 13.0. The lowest BCUT2D eigenvalue weighted by atomic mass is 9.93. The van der Waals surface area contributed by atoms with E-state index in [1.165, 1.54) is 0 Å². The van der Waals surface area contributed by atoms with E-state index >= 15 is 0 Å². The number of hydrogen-bond acceptors (Lipinski definition) is 5. The topological polar surface area (TPSA) is 72.8 Å². The lowest BCUT2D eigenvalue weighted by molar-refractivity contribution is -0.131. The molecule has 0 unspecified atom stereocenters. The van der Waals surface area contributed by atoms with Gasteiger partial charge in [0.05, 0.1) is 5.60 Å². The second kappa shape index (κ2) is 8.23. The molecular weight excluding hydrogens is 356 g/mol. The van der Waals surface area contributed by atoms with Crippen molar-refractivity contribution < 1.29 is 24.2 Å². The highest BCUT2D eigenvalue weighted by Gasteiger charge is 2.23. The minimum absolute atomic E-state index is 0.269. The first-order valence-electron chi connectivity index (χ1n) is 8.71. The van der Waals surface area contributed by atoms with Crippen molar-refractivity contribution in [2.75, 3.05) is 0 Å². The monoisotopic (exact) mass is 380 g/mol. The van der Waals surface area contributed by atoms with Crippen LogP contribution in [-0.4, -0.2) is 17.0 Å². The molecule has 0 bridgehead atoms. The smallest absolute Gasteiger partial charge is 0.338 e. The molecule has 0 spiro atoms. The molecule has 1 N–H and O–H groups in total. The minimum atomic E-state index is -1.22. The molecule has 0 amide bonds. The Morgan fingerprint density at radius 3 is 1.86 bits per heavy atom. The van der Waals surface area contributed by atoms with E-state index in [2.05, 4.69) is 13.2 Å². The van der Waals surface area contributed by atoms with Crippen LogP contribution in [0.1, 0.15) is 33.3 Å². The van der Waals surface area contributed by atoms with Crippen molar-refractivity contribution >= 4 is 11.9 Å². The van der Waals surface area contributed by atoms with Crippen LogP contribution in [0.4, 0.5) is 0 Å². The van der Waals surface area contributed by atoms with E-state index in [-0.39, 0.29) is 11.3 Å². The molecule has 0 aliphatic carbocycles. The number of benzene rings is 2. The van der Waals surface area contributed by atoms with E-state index in [9.17, 15) is 14.7 Å².